The van der Waals surface area contributed by atoms with E-state index in [0.29, 0.717) is 0 Å². The van der Waals surface area contributed by atoms with E-state index in [0.717, 1.165) is 0 Å². The van der Waals surface area contributed by atoms with E-state index in [1.54, 1.807) is 0 Å². The van der Waals surface area contributed by atoms with Gasteiger partial charge in [-0.05, 0) is 0 Å². The first-order chi connectivity index (χ1) is 3.63. The first-order valence-corrected chi connectivity index (χ1v) is 2.11. The molecule has 0 aliphatic rings. The summed E-state index contributed by atoms with van der Waals surface area (Å²) in [6.45, 7) is -0.391. The fourth-order valence-corrected chi connectivity index (χ4v) is 0.221. The Morgan fingerprint density at radius 1 is 1.62 bits per heavy atom. The van der Waals surface area contributed by atoms with Crippen molar-refractivity contribution in [3.63, 3.8) is 0 Å². The van der Waals surface area contributed by atoms with Crippen molar-refractivity contribution in [1.82, 2.24) is 0 Å². The second kappa shape index (κ2) is 3.34. The number of nitrogens with zero attached hydrogens (tertiary/aromatic N) is 1. The third kappa shape index (κ3) is 5.32. The van der Waals surface area contributed by atoms with Crippen LogP contribution in [-0.2, 0) is 0 Å². The second-order valence-corrected chi connectivity index (χ2v) is 1.33. The molecule has 0 rings (SSSR count). The SMILES string of the molecule is O=[N+]([O-])CCC(O)O. The van der Waals surface area contributed by atoms with E-state index in [1.807, 2.05) is 0 Å². The third-order valence-corrected chi connectivity index (χ3v) is 0.570. The molecule has 0 aromatic heterocycles. The molecule has 0 unspecified atom stereocenters. The molecular weight excluding hydrogens is 114 g/mol. The lowest BCUT2D eigenvalue weighted by Gasteiger charge is -1.95. The van der Waals surface area contributed by atoms with Gasteiger partial charge in [-0.1, -0.05) is 0 Å². The molecule has 48 valence electrons. The molecule has 0 atom stereocenters. The Labute approximate surface area is 45.7 Å². The highest BCUT2D eigenvalue weighted by Gasteiger charge is 2.01. The fraction of sp³-hybridized carbons (Fsp3) is 1.00. The molecule has 0 aliphatic heterocycles. The van der Waals surface area contributed by atoms with E-state index in [4.69, 9.17) is 10.2 Å². The summed E-state index contributed by atoms with van der Waals surface area (Å²) in [4.78, 5) is 8.89. The van der Waals surface area contributed by atoms with E-state index in [-0.39, 0.29) is 6.42 Å². The first kappa shape index (κ1) is 7.32. The summed E-state index contributed by atoms with van der Waals surface area (Å²) in [7, 11) is 0. The summed E-state index contributed by atoms with van der Waals surface area (Å²) in [6, 6.07) is 0. The van der Waals surface area contributed by atoms with Crippen molar-refractivity contribution in [1.29, 1.82) is 0 Å². The van der Waals surface area contributed by atoms with Crippen molar-refractivity contribution in [2.75, 3.05) is 6.54 Å². The van der Waals surface area contributed by atoms with Crippen LogP contribution in [0.2, 0.25) is 0 Å². The molecule has 0 aliphatic carbocycles. The van der Waals surface area contributed by atoms with Gasteiger partial charge in [-0.2, -0.15) is 0 Å². The molecule has 8 heavy (non-hydrogen) atoms. The molecule has 0 spiro atoms. The summed E-state index contributed by atoms with van der Waals surface area (Å²) >= 11 is 0. The number of aliphatic hydroxyl groups is 2. The van der Waals surface area contributed by atoms with Crippen molar-refractivity contribution in [3.05, 3.63) is 10.1 Å². The van der Waals surface area contributed by atoms with E-state index in [2.05, 4.69) is 0 Å². The van der Waals surface area contributed by atoms with Crippen molar-refractivity contribution < 1.29 is 15.1 Å². The van der Waals surface area contributed by atoms with Gasteiger partial charge in [0.1, 0.15) is 0 Å². The van der Waals surface area contributed by atoms with Crippen molar-refractivity contribution in [2.24, 2.45) is 0 Å². The van der Waals surface area contributed by atoms with Crippen LogP contribution in [0.3, 0.4) is 0 Å². The van der Waals surface area contributed by atoms with Crippen LogP contribution in [0.5, 0.6) is 0 Å². The van der Waals surface area contributed by atoms with E-state index in [9.17, 15) is 10.1 Å². The second-order valence-electron chi connectivity index (χ2n) is 1.33. The van der Waals surface area contributed by atoms with E-state index in [1.165, 1.54) is 0 Å². The van der Waals surface area contributed by atoms with Gasteiger partial charge < -0.3 is 10.2 Å². The lowest BCUT2D eigenvalue weighted by molar-refractivity contribution is -0.483. The van der Waals surface area contributed by atoms with Gasteiger partial charge >= 0.3 is 0 Å². The largest absolute Gasteiger partial charge is 0.368 e. The average molecular weight is 121 g/mol. The minimum atomic E-state index is -1.56. The number of rotatable bonds is 3. The molecule has 0 saturated heterocycles. The standard InChI is InChI=1S/C3H7NO4/c5-3(6)1-2-4(7)8/h3,5-6H,1-2H2. The Hall–Kier alpha value is -0.680. The molecule has 5 nitrogen and oxygen atoms in total. The van der Waals surface area contributed by atoms with Gasteiger partial charge in [-0.15, -0.1) is 0 Å². The number of hydrogen-bond acceptors (Lipinski definition) is 4. The molecule has 5 heteroatoms. The summed E-state index contributed by atoms with van der Waals surface area (Å²) < 4.78 is 0. The molecule has 0 saturated carbocycles. The Morgan fingerprint density at radius 2 is 2.12 bits per heavy atom. The van der Waals surface area contributed by atoms with Crippen molar-refractivity contribution >= 4 is 0 Å². The Kier molecular flexibility index (Phi) is 3.05. The van der Waals surface area contributed by atoms with Crippen LogP contribution in [0.15, 0.2) is 0 Å². The highest BCUT2D eigenvalue weighted by Crippen LogP contribution is 1.84. The molecule has 0 aromatic carbocycles. The molecule has 0 radical (unpaired) electrons. The molecule has 0 heterocycles. The van der Waals surface area contributed by atoms with E-state index >= 15 is 0 Å². The summed E-state index contributed by atoms with van der Waals surface area (Å²) in [5.74, 6) is 0. The minimum absolute atomic E-state index is 0.201. The number of hydrogen-bond donors (Lipinski definition) is 2. The maximum absolute atomic E-state index is 9.49. The van der Waals surface area contributed by atoms with Crippen LogP contribution < -0.4 is 0 Å². The van der Waals surface area contributed by atoms with Gasteiger partial charge in [0.25, 0.3) is 0 Å². The summed E-state index contributed by atoms with van der Waals surface area (Å²) in [5.41, 5.74) is 0. The van der Waals surface area contributed by atoms with Crippen LogP contribution in [0.1, 0.15) is 6.42 Å². The molecule has 0 amide bonds. The molecule has 0 fully saturated rings. The topological polar surface area (TPSA) is 83.6 Å². The highest BCUT2D eigenvalue weighted by atomic mass is 16.6. The average Bonchev–Trinajstić information content (AvgIpc) is 1.61. The lowest BCUT2D eigenvalue weighted by atomic mass is 10.4. The summed E-state index contributed by atoms with van der Waals surface area (Å²) in [5, 5.41) is 25.6. The van der Waals surface area contributed by atoms with Gasteiger partial charge in [-0.25, -0.2) is 0 Å². The molecular formula is C3H7NO4. The monoisotopic (exact) mass is 121 g/mol. The minimum Gasteiger partial charge on any atom is -0.368 e. The highest BCUT2D eigenvalue weighted by molar-refractivity contribution is 4.33. The van der Waals surface area contributed by atoms with Crippen LogP contribution >= 0.6 is 0 Å². The van der Waals surface area contributed by atoms with Gasteiger partial charge in [0.15, 0.2) is 6.29 Å². The normalized spacial score (nSPS) is 9.88. The fourth-order valence-electron chi connectivity index (χ4n) is 0.221. The molecule has 2 N–H and O–H groups in total. The van der Waals surface area contributed by atoms with Crippen LogP contribution in [-0.4, -0.2) is 28.0 Å². The molecule has 0 bridgehead atoms. The zero-order valence-electron chi connectivity index (χ0n) is 4.15. The number of nitro groups is 1. The van der Waals surface area contributed by atoms with Crippen molar-refractivity contribution in [3.8, 4) is 0 Å². The molecule has 0 aromatic rings. The Balaban J connectivity index is 3.05. The van der Waals surface area contributed by atoms with Crippen LogP contribution in [0.4, 0.5) is 0 Å². The van der Waals surface area contributed by atoms with Gasteiger partial charge in [0.05, 0.1) is 6.42 Å². The van der Waals surface area contributed by atoms with Crippen LogP contribution in [0, 0.1) is 10.1 Å². The van der Waals surface area contributed by atoms with Gasteiger partial charge in [0.2, 0.25) is 6.54 Å². The predicted molar refractivity (Wildman–Crippen MR) is 24.7 cm³/mol. The van der Waals surface area contributed by atoms with Gasteiger partial charge in [0, 0.05) is 4.92 Å². The maximum atomic E-state index is 9.49. The van der Waals surface area contributed by atoms with Gasteiger partial charge in [-0.3, -0.25) is 10.1 Å². The lowest BCUT2D eigenvalue weighted by Crippen LogP contribution is -2.11. The zero-order chi connectivity index (χ0) is 6.57. The van der Waals surface area contributed by atoms with E-state index < -0.39 is 17.8 Å². The summed E-state index contributed by atoms with van der Waals surface area (Å²) in [6.07, 6.45) is -1.76. The Bertz CT molecular complexity index is 81.4. The zero-order valence-corrected chi connectivity index (χ0v) is 4.15. The van der Waals surface area contributed by atoms with Crippen LogP contribution in [0.25, 0.3) is 0 Å². The predicted octanol–water partition coefficient (Wildman–Crippen LogP) is -1.04. The smallest absolute Gasteiger partial charge is 0.208 e. The quantitative estimate of drug-likeness (QED) is 0.284. The van der Waals surface area contributed by atoms with Crippen molar-refractivity contribution in [2.45, 2.75) is 12.7 Å². The number of aliphatic hydroxyl groups excluding tert-OH is 1. The first-order valence-electron chi connectivity index (χ1n) is 2.11. The Morgan fingerprint density at radius 3 is 2.25 bits per heavy atom. The third-order valence-electron chi connectivity index (χ3n) is 0.570. The maximum Gasteiger partial charge on any atom is 0.208 e.